The third-order valence-electron chi connectivity index (χ3n) is 1.41. The first-order chi connectivity index (χ1) is 4.87. The first-order valence-corrected chi connectivity index (χ1v) is 3.42. The SMILES string of the molecule is [CH2]CC(F)(F)C(F)(F)CCC. The summed E-state index contributed by atoms with van der Waals surface area (Å²) in [6.07, 6.45) is -1.79. The molecule has 11 heavy (non-hydrogen) atoms. The second-order valence-electron chi connectivity index (χ2n) is 2.41. The molecule has 0 nitrogen and oxygen atoms in total. The summed E-state index contributed by atoms with van der Waals surface area (Å²) >= 11 is 0. The molecule has 0 spiro atoms. The van der Waals surface area contributed by atoms with Crippen LogP contribution >= 0.6 is 0 Å². The number of halogens is 4. The van der Waals surface area contributed by atoms with E-state index in [4.69, 9.17) is 0 Å². The summed E-state index contributed by atoms with van der Waals surface area (Å²) < 4.78 is 49.4. The molecule has 0 aromatic carbocycles. The highest BCUT2D eigenvalue weighted by molar-refractivity contribution is 4.84. The van der Waals surface area contributed by atoms with Gasteiger partial charge in [0.15, 0.2) is 0 Å². The lowest BCUT2D eigenvalue weighted by molar-refractivity contribution is -0.210. The molecule has 0 N–H and O–H groups in total. The van der Waals surface area contributed by atoms with Gasteiger partial charge in [0.2, 0.25) is 0 Å². The number of rotatable bonds is 4. The summed E-state index contributed by atoms with van der Waals surface area (Å²) in [5.41, 5.74) is 0. The Morgan fingerprint density at radius 3 is 1.82 bits per heavy atom. The van der Waals surface area contributed by atoms with Gasteiger partial charge in [-0.2, -0.15) is 17.6 Å². The molecule has 4 heteroatoms. The van der Waals surface area contributed by atoms with Crippen LogP contribution in [0.2, 0.25) is 0 Å². The molecule has 0 aromatic rings. The van der Waals surface area contributed by atoms with Gasteiger partial charge in [-0.05, 0) is 6.92 Å². The van der Waals surface area contributed by atoms with E-state index in [0.717, 1.165) is 0 Å². The van der Waals surface area contributed by atoms with E-state index < -0.39 is 24.7 Å². The standard InChI is InChI=1S/C7H11F4/c1-3-5-7(10,11)6(8,9)4-2/h2-5H2,1H3. The van der Waals surface area contributed by atoms with E-state index in [2.05, 4.69) is 6.92 Å². The zero-order valence-electron chi connectivity index (χ0n) is 6.34. The van der Waals surface area contributed by atoms with E-state index in [-0.39, 0.29) is 6.42 Å². The molecule has 0 atom stereocenters. The fourth-order valence-corrected chi connectivity index (χ4v) is 0.680. The molecule has 0 unspecified atom stereocenters. The van der Waals surface area contributed by atoms with Crippen LogP contribution in [0.25, 0.3) is 0 Å². The fourth-order valence-electron chi connectivity index (χ4n) is 0.680. The molecule has 0 aliphatic heterocycles. The van der Waals surface area contributed by atoms with Gasteiger partial charge in [0, 0.05) is 12.8 Å². The quantitative estimate of drug-likeness (QED) is 0.569. The van der Waals surface area contributed by atoms with Crippen LogP contribution in [0.15, 0.2) is 0 Å². The number of hydrogen-bond acceptors (Lipinski definition) is 0. The van der Waals surface area contributed by atoms with Crippen LogP contribution in [0.4, 0.5) is 17.6 Å². The maximum absolute atomic E-state index is 12.4. The van der Waals surface area contributed by atoms with Crippen molar-refractivity contribution in [2.24, 2.45) is 0 Å². The smallest absolute Gasteiger partial charge is 0.200 e. The lowest BCUT2D eigenvalue weighted by Gasteiger charge is -2.24. The van der Waals surface area contributed by atoms with Crippen LogP contribution in [0.5, 0.6) is 0 Å². The summed E-state index contributed by atoms with van der Waals surface area (Å²) in [6.45, 7) is 4.21. The second kappa shape index (κ2) is 3.41. The lowest BCUT2D eigenvalue weighted by atomic mass is 10.1. The molecule has 0 saturated heterocycles. The van der Waals surface area contributed by atoms with Crippen LogP contribution in [0.3, 0.4) is 0 Å². The van der Waals surface area contributed by atoms with Crippen LogP contribution in [0.1, 0.15) is 26.2 Å². The van der Waals surface area contributed by atoms with E-state index in [1.165, 1.54) is 6.92 Å². The van der Waals surface area contributed by atoms with Crippen molar-refractivity contribution in [3.63, 3.8) is 0 Å². The average molecular weight is 171 g/mol. The zero-order chi connectivity index (χ0) is 9.12. The van der Waals surface area contributed by atoms with Gasteiger partial charge < -0.3 is 0 Å². The molecule has 0 heterocycles. The minimum atomic E-state index is -3.96. The molecule has 0 rings (SSSR count). The Kier molecular flexibility index (Phi) is 3.32. The zero-order valence-corrected chi connectivity index (χ0v) is 6.34. The van der Waals surface area contributed by atoms with Crippen molar-refractivity contribution in [3.8, 4) is 0 Å². The van der Waals surface area contributed by atoms with Gasteiger partial charge in [-0.25, -0.2) is 0 Å². The van der Waals surface area contributed by atoms with Crippen molar-refractivity contribution in [1.29, 1.82) is 0 Å². The summed E-state index contributed by atoms with van der Waals surface area (Å²) in [6, 6.07) is 0. The van der Waals surface area contributed by atoms with E-state index >= 15 is 0 Å². The molecule has 0 aromatic heterocycles. The van der Waals surface area contributed by atoms with Gasteiger partial charge >= 0.3 is 11.8 Å². The van der Waals surface area contributed by atoms with Crippen LogP contribution in [-0.2, 0) is 0 Å². The van der Waals surface area contributed by atoms with Gasteiger partial charge in [0.25, 0.3) is 0 Å². The number of hydrogen-bond donors (Lipinski definition) is 0. The van der Waals surface area contributed by atoms with Gasteiger partial charge in [-0.1, -0.05) is 13.3 Å². The molecule has 0 saturated carbocycles. The topological polar surface area (TPSA) is 0 Å². The van der Waals surface area contributed by atoms with E-state index in [1.807, 2.05) is 0 Å². The van der Waals surface area contributed by atoms with Gasteiger partial charge in [0.05, 0.1) is 0 Å². The molecule has 0 aliphatic carbocycles. The Balaban J connectivity index is 4.26. The van der Waals surface area contributed by atoms with Gasteiger partial charge in [-0.15, -0.1) is 0 Å². The highest BCUT2D eigenvalue weighted by Crippen LogP contribution is 2.39. The molecule has 67 valence electrons. The summed E-state index contributed by atoms with van der Waals surface area (Å²) in [5.74, 6) is -7.85. The first kappa shape index (κ1) is 10.7. The van der Waals surface area contributed by atoms with Crippen molar-refractivity contribution in [2.45, 2.75) is 38.0 Å². The largest absolute Gasteiger partial charge is 0.310 e. The van der Waals surface area contributed by atoms with Crippen LogP contribution in [0, 0.1) is 6.92 Å². The van der Waals surface area contributed by atoms with Crippen molar-refractivity contribution in [2.75, 3.05) is 0 Å². The Bertz CT molecular complexity index is 120. The third kappa shape index (κ3) is 2.34. The summed E-state index contributed by atoms with van der Waals surface area (Å²) in [7, 11) is 0. The van der Waals surface area contributed by atoms with E-state index in [0.29, 0.717) is 0 Å². The van der Waals surface area contributed by atoms with E-state index in [1.54, 1.807) is 0 Å². The van der Waals surface area contributed by atoms with Crippen molar-refractivity contribution >= 4 is 0 Å². The summed E-state index contributed by atoms with van der Waals surface area (Å²) in [4.78, 5) is 0. The molecule has 0 amide bonds. The highest BCUT2D eigenvalue weighted by atomic mass is 19.3. The molecular weight excluding hydrogens is 160 g/mol. The lowest BCUT2D eigenvalue weighted by Crippen LogP contribution is -2.39. The monoisotopic (exact) mass is 171 g/mol. The molecule has 0 fully saturated rings. The van der Waals surface area contributed by atoms with E-state index in [9.17, 15) is 17.6 Å². The molecular formula is C7H11F4. The fraction of sp³-hybridized carbons (Fsp3) is 0.857. The summed E-state index contributed by atoms with van der Waals surface area (Å²) in [5, 5.41) is 0. The number of alkyl halides is 4. The Hall–Kier alpha value is -0.280. The van der Waals surface area contributed by atoms with Crippen molar-refractivity contribution in [3.05, 3.63) is 6.92 Å². The predicted molar refractivity (Wildman–Crippen MR) is 34.8 cm³/mol. The van der Waals surface area contributed by atoms with Crippen molar-refractivity contribution in [1.82, 2.24) is 0 Å². The third-order valence-corrected chi connectivity index (χ3v) is 1.41. The first-order valence-electron chi connectivity index (χ1n) is 3.42. The molecule has 0 aliphatic rings. The highest BCUT2D eigenvalue weighted by Gasteiger charge is 2.53. The van der Waals surface area contributed by atoms with Crippen molar-refractivity contribution < 1.29 is 17.6 Å². The normalized spacial score (nSPS) is 13.6. The molecule has 1 radical (unpaired) electrons. The minimum Gasteiger partial charge on any atom is -0.200 e. The van der Waals surface area contributed by atoms with Crippen LogP contribution in [-0.4, -0.2) is 11.8 Å². The second-order valence-corrected chi connectivity index (χ2v) is 2.41. The van der Waals surface area contributed by atoms with Gasteiger partial charge in [-0.3, -0.25) is 0 Å². The molecule has 0 bridgehead atoms. The van der Waals surface area contributed by atoms with Gasteiger partial charge in [0.1, 0.15) is 0 Å². The van der Waals surface area contributed by atoms with Crippen LogP contribution < -0.4 is 0 Å². The Morgan fingerprint density at radius 2 is 1.55 bits per heavy atom. The predicted octanol–water partition coefficient (Wildman–Crippen LogP) is 3.28. The average Bonchev–Trinajstić information content (AvgIpc) is 1.87. The Morgan fingerprint density at radius 1 is 1.09 bits per heavy atom. The Labute approximate surface area is 63.6 Å². The maximum atomic E-state index is 12.4. The minimum absolute atomic E-state index is 0.0442. The maximum Gasteiger partial charge on any atom is 0.310 e.